The van der Waals surface area contributed by atoms with Crippen LogP contribution in [0.2, 0.25) is 0 Å². The lowest BCUT2D eigenvalue weighted by atomic mass is 9.92. The summed E-state index contributed by atoms with van der Waals surface area (Å²) in [6.07, 6.45) is 4.72. The van der Waals surface area contributed by atoms with Crippen LogP contribution in [0.3, 0.4) is 0 Å². The summed E-state index contributed by atoms with van der Waals surface area (Å²) >= 11 is 0. The van der Waals surface area contributed by atoms with E-state index in [0.717, 1.165) is 17.1 Å². The van der Waals surface area contributed by atoms with E-state index in [0.29, 0.717) is 0 Å². The molecule has 0 radical (unpaired) electrons. The SMILES string of the molecule is Cc1ccc(/C(=C/c2ccc(N(c3ccc(C)cc3)c3ccc(/C=C(\c4ccccc4)c4ccc(C)cc4)c4ccccc34)c3ccccc23)c2ccccc2)cc1. The predicted molar refractivity (Wildman–Crippen MR) is 250 cm³/mol. The van der Waals surface area contributed by atoms with E-state index in [1.165, 1.54) is 82.8 Å². The summed E-state index contributed by atoms with van der Waals surface area (Å²) in [5, 5.41) is 4.78. The van der Waals surface area contributed by atoms with Crippen LogP contribution in [0.25, 0.3) is 44.8 Å². The monoisotopic (exact) mass is 743 g/mol. The van der Waals surface area contributed by atoms with E-state index < -0.39 is 0 Å². The van der Waals surface area contributed by atoms with Crippen molar-refractivity contribution in [2.75, 3.05) is 4.90 Å². The molecule has 0 saturated carbocycles. The summed E-state index contributed by atoms with van der Waals surface area (Å²) in [5.41, 5.74) is 16.6. The van der Waals surface area contributed by atoms with Crippen molar-refractivity contribution in [3.63, 3.8) is 0 Å². The minimum atomic E-state index is 1.11. The Balaban J connectivity index is 1.24. The van der Waals surface area contributed by atoms with Crippen molar-refractivity contribution < 1.29 is 0 Å². The first kappa shape index (κ1) is 36.4. The predicted octanol–water partition coefficient (Wildman–Crippen LogP) is 15.6. The topological polar surface area (TPSA) is 3.24 Å². The molecule has 0 bridgehead atoms. The Morgan fingerprint density at radius 1 is 0.310 bits per heavy atom. The standard InChI is InChI=1S/C57H45N/c1-40-22-28-45(29-23-40)54(43-14-6-4-7-15-43)38-47-32-36-56(52-20-12-10-18-50(47)52)58(49-34-26-42(3)27-35-49)57-37-33-48(51-19-11-13-21-53(51)57)39-55(44-16-8-5-9-17-44)46-30-24-41(2)25-31-46/h4-39H,1-3H3/b54-38+,55-39+. The van der Waals surface area contributed by atoms with Crippen LogP contribution in [0, 0.1) is 20.8 Å². The summed E-state index contributed by atoms with van der Waals surface area (Å²) < 4.78 is 0. The third-order valence-corrected chi connectivity index (χ3v) is 11.1. The molecule has 0 heterocycles. The highest BCUT2D eigenvalue weighted by Gasteiger charge is 2.20. The fraction of sp³-hybridized carbons (Fsp3) is 0.0526. The third kappa shape index (κ3) is 7.39. The number of aryl methyl sites for hydroxylation is 3. The number of anilines is 3. The van der Waals surface area contributed by atoms with Crippen molar-refractivity contribution in [3.8, 4) is 0 Å². The maximum atomic E-state index is 2.45. The molecule has 0 spiro atoms. The maximum absolute atomic E-state index is 2.45. The molecule has 0 aliphatic carbocycles. The Morgan fingerprint density at radius 3 is 1.03 bits per heavy atom. The second kappa shape index (κ2) is 16.1. The molecule has 0 N–H and O–H groups in total. The number of benzene rings is 9. The molecule has 0 amide bonds. The molecule has 9 aromatic carbocycles. The molecule has 278 valence electrons. The number of fused-ring (bicyclic) bond motifs is 2. The molecule has 58 heavy (non-hydrogen) atoms. The minimum Gasteiger partial charge on any atom is -0.309 e. The largest absolute Gasteiger partial charge is 0.309 e. The van der Waals surface area contributed by atoms with E-state index in [1.807, 2.05) is 0 Å². The molecule has 0 aliphatic rings. The van der Waals surface area contributed by atoms with Gasteiger partial charge in [0.15, 0.2) is 0 Å². The smallest absolute Gasteiger partial charge is 0.0540 e. The lowest BCUT2D eigenvalue weighted by Crippen LogP contribution is -2.11. The van der Waals surface area contributed by atoms with Gasteiger partial charge in [-0.1, -0.05) is 199 Å². The van der Waals surface area contributed by atoms with Gasteiger partial charge >= 0.3 is 0 Å². The van der Waals surface area contributed by atoms with E-state index in [2.05, 4.69) is 244 Å². The Labute approximate surface area is 342 Å². The second-order valence-electron chi connectivity index (χ2n) is 15.2. The fourth-order valence-electron chi connectivity index (χ4n) is 8.04. The van der Waals surface area contributed by atoms with Crippen LogP contribution in [-0.4, -0.2) is 0 Å². The van der Waals surface area contributed by atoms with Crippen LogP contribution in [0.4, 0.5) is 17.1 Å². The Morgan fingerprint density at radius 2 is 0.638 bits per heavy atom. The summed E-state index contributed by atoms with van der Waals surface area (Å²) in [6, 6.07) is 75.0. The molecule has 1 heteroatoms. The van der Waals surface area contributed by atoms with Crippen LogP contribution < -0.4 is 4.90 Å². The lowest BCUT2D eigenvalue weighted by Gasteiger charge is -2.29. The van der Waals surface area contributed by atoms with Crippen molar-refractivity contribution in [1.29, 1.82) is 0 Å². The van der Waals surface area contributed by atoms with Gasteiger partial charge in [-0.25, -0.2) is 0 Å². The molecule has 0 atom stereocenters. The average Bonchev–Trinajstić information content (AvgIpc) is 3.27. The molecule has 0 aromatic heterocycles. The minimum absolute atomic E-state index is 1.11. The van der Waals surface area contributed by atoms with Gasteiger partial charge in [-0.3, -0.25) is 0 Å². The molecule has 0 unspecified atom stereocenters. The highest BCUT2D eigenvalue weighted by Crippen LogP contribution is 2.44. The lowest BCUT2D eigenvalue weighted by molar-refractivity contribution is 1.30. The highest BCUT2D eigenvalue weighted by atomic mass is 15.1. The number of hydrogen-bond donors (Lipinski definition) is 0. The molecule has 1 nitrogen and oxygen atoms in total. The zero-order valence-electron chi connectivity index (χ0n) is 33.2. The first-order valence-electron chi connectivity index (χ1n) is 20.1. The second-order valence-corrected chi connectivity index (χ2v) is 15.2. The maximum Gasteiger partial charge on any atom is 0.0540 e. The van der Waals surface area contributed by atoms with E-state index in [-0.39, 0.29) is 0 Å². The molecule has 0 fully saturated rings. The van der Waals surface area contributed by atoms with Gasteiger partial charge in [-0.2, -0.15) is 0 Å². The van der Waals surface area contributed by atoms with E-state index in [4.69, 9.17) is 0 Å². The normalized spacial score (nSPS) is 11.9. The van der Waals surface area contributed by atoms with Gasteiger partial charge in [0.25, 0.3) is 0 Å². The molecular formula is C57H45N. The highest BCUT2D eigenvalue weighted by molar-refractivity contribution is 6.10. The quantitative estimate of drug-likeness (QED) is 0.133. The van der Waals surface area contributed by atoms with Gasteiger partial charge in [0.1, 0.15) is 0 Å². The van der Waals surface area contributed by atoms with Crippen molar-refractivity contribution in [1.82, 2.24) is 0 Å². The zero-order chi connectivity index (χ0) is 39.4. The number of rotatable bonds is 9. The Kier molecular flexibility index (Phi) is 10.1. The number of nitrogens with zero attached hydrogens (tertiary/aromatic N) is 1. The first-order chi connectivity index (χ1) is 28.5. The molecule has 0 aliphatic heterocycles. The van der Waals surface area contributed by atoms with Gasteiger partial charge in [-0.15, -0.1) is 0 Å². The fourth-order valence-corrected chi connectivity index (χ4v) is 8.04. The van der Waals surface area contributed by atoms with E-state index in [1.54, 1.807) is 0 Å². The summed E-state index contributed by atoms with van der Waals surface area (Å²) in [5.74, 6) is 0. The summed E-state index contributed by atoms with van der Waals surface area (Å²) in [7, 11) is 0. The summed E-state index contributed by atoms with van der Waals surface area (Å²) in [4.78, 5) is 2.45. The van der Waals surface area contributed by atoms with Gasteiger partial charge in [0, 0.05) is 16.5 Å². The van der Waals surface area contributed by atoms with Crippen LogP contribution in [0.5, 0.6) is 0 Å². The van der Waals surface area contributed by atoms with Gasteiger partial charge < -0.3 is 4.90 Å². The first-order valence-corrected chi connectivity index (χ1v) is 20.1. The summed E-state index contributed by atoms with van der Waals surface area (Å²) in [6.45, 7) is 6.43. The molecule has 9 rings (SSSR count). The van der Waals surface area contributed by atoms with Crippen molar-refractivity contribution in [3.05, 3.63) is 256 Å². The van der Waals surface area contributed by atoms with Gasteiger partial charge in [0.05, 0.1) is 11.4 Å². The third-order valence-electron chi connectivity index (χ3n) is 11.1. The van der Waals surface area contributed by atoms with E-state index in [9.17, 15) is 0 Å². The van der Waals surface area contributed by atoms with Crippen LogP contribution >= 0.6 is 0 Å². The van der Waals surface area contributed by atoms with Crippen LogP contribution in [-0.2, 0) is 0 Å². The van der Waals surface area contributed by atoms with Crippen molar-refractivity contribution >= 4 is 61.9 Å². The van der Waals surface area contributed by atoms with Crippen LogP contribution in [0.1, 0.15) is 50.1 Å². The Hall–Kier alpha value is -7.22. The zero-order valence-corrected chi connectivity index (χ0v) is 33.2. The molecule has 9 aromatic rings. The average molecular weight is 744 g/mol. The van der Waals surface area contributed by atoms with Crippen molar-refractivity contribution in [2.24, 2.45) is 0 Å². The molecular weight excluding hydrogens is 699 g/mol. The van der Waals surface area contributed by atoms with E-state index >= 15 is 0 Å². The van der Waals surface area contributed by atoms with Crippen LogP contribution in [0.15, 0.2) is 206 Å². The molecule has 0 saturated heterocycles. The Bertz CT molecular complexity index is 2740. The van der Waals surface area contributed by atoms with Gasteiger partial charge in [0.2, 0.25) is 0 Å². The van der Waals surface area contributed by atoms with Crippen molar-refractivity contribution in [2.45, 2.75) is 20.8 Å². The number of hydrogen-bond acceptors (Lipinski definition) is 1. The van der Waals surface area contributed by atoms with Gasteiger partial charge in [-0.05, 0) is 112 Å².